The molecule has 0 saturated carbocycles. The number of aromatic nitrogens is 1. The number of aryl methyl sites for hydroxylation is 2. The van der Waals surface area contributed by atoms with E-state index >= 15 is 0 Å². The predicted octanol–water partition coefficient (Wildman–Crippen LogP) is 0.647. The molecular formula is C9H12F2N2O3. The number of amides is 1. The Morgan fingerprint density at radius 3 is 2.62 bits per heavy atom. The van der Waals surface area contributed by atoms with Gasteiger partial charge in [0.05, 0.1) is 5.69 Å². The van der Waals surface area contributed by atoms with E-state index in [9.17, 15) is 13.6 Å². The summed E-state index contributed by atoms with van der Waals surface area (Å²) in [6, 6.07) is 0. The van der Waals surface area contributed by atoms with Crippen LogP contribution in [0.5, 0.6) is 0 Å². The summed E-state index contributed by atoms with van der Waals surface area (Å²) in [5.41, 5.74) is 0.586. The highest BCUT2D eigenvalue weighted by atomic mass is 19.3. The molecule has 0 fully saturated rings. The first kappa shape index (κ1) is 12.6. The summed E-state index contributed by atoms with van der Waals surface area (Å²) in [6.45, 7) is 2.59. The fourth-order valence-electron chi connectivity index (χ4n) is 1.18. The van der Waals surface area contributed by atoms with Crippen molar-refractivity contribution in [1.82, 2.24) is 10.5 Å². The molecule has 16 heavy (non-hydrogen) atoms. The van der Waals surface area contributed by atoms with E-state index in [1.807, 2.05) is 0 Å². The van der Waals surface area contributed by atoms with Crippen LogP contribution in [0.4, 0.5) is 8.78 Å². The van der Waals surface area contributed by atoms with Gasteiger partial charge in [0.15, 0.2) is 0 Å². The van der Waals surface area contributed by atoms with Crippen LogP contribution in [0.2, 0.25) is 0 Å². The van der Waals surface area contributed by atoms with E-state index in [2.05, 4.69) is 10.5 Å². The summed E-state index contributed by atoms with van der Waals surface area (Å²) in [5.74, 6) is -0.280. The molecule has 0 saturated heterocycles. The molecule has 1 aromatic rings. The zero-order valence-corrected chi connectivity index (χ0v) is 8.83. The third-order valence-electron chi connectivity index (χ3n) is 2.02. The van der Waals surface area contributed by atoms with Crippen LogP contribution in [-0.4, -0.2) is 35.2 Å². The second-order valence-corrected chi connectivity index (χ2v) is 3.31. The van der Waals surface area contributed by atoms with Gasteiger partial charge in [0, 0.05) is 6.54 Å². The van der Waals surface area contributed by atoms with Gasteiger partial charge in [0.25, 0.3) is 12.3 Å². The Morgan fingerprint density at radius 2 is 2.19 bits per heavy atom. The molecule has 1 amide bonds. The number of aliphatic hydroxyl groups excluding tert-OH is 1. The highest BCUT2D eigenvalue weighted by Crippen LogP contribution is 2.11. The van der Waals surface area contributed by atoms with Crippen molar-refractivity contribution in [3.63, 3.8) is 0 Å². The van der Waals surface area contributed by atoms with E-state index in [4.69, 9.17) is 9.63 Å². The van der Waals surface area contributed by atoms with E-state index in [-0.39, 0.29) is 5.56 Å². The minimum Gasteiger partial charge on any atom is -0.385 e. The summed E-state index contributed by atoms with van der Waals surface area (Å²) in [4.78, 5) is 11.5. The SMILES string of the molecule is Cc1noc(C)c1C(=O)NCC(O)C(F)F. The van der Waals surface area contributed by atoms with Gasteiger partial charge in [-0.1, -0.05) is 5.16 Å². The molecule has 2 N–H and O–H groups in total. The Hall–Kier alpha value is -1.50. The van der Waals surface area contributed by atoms with E-state index in [0.29, 0.717) is 11.5 Å². The third kappa shape index (κ3) is 2.75. The van der Waals surface area contributed by atoms with Crippen LogP contribution >= 0.6 is 0 Å². The van der Waals surface area contributed by atoms with Gasteiger partial charge in [-0.25, -0.2) is 8.78 Å². The molecule has 0 spiro atoms. The fourth-order valence-corrected chi connectivity index (χ4v) is 1.18. The number of hydrogen-bond acceptors (Lipinski definition) is 4. The largest absolute Gasteiger partial charge is 0.385 e. The van der Waals surface area contributed by atoms with Gasteiger partial charge in [0.2, 0.25) is 0 Å². The van der Waals surface area contributed by atoms with Crippen molar-refractivity contribution < 1.29 is 23.2 Å². The van der Waals surface area contributed by atoms with Crippen molar-refractivity contribution in [2.24, 2.45) is 0 Å². The minimum atomic E-state index is -2.88. The standard InChI is InChI=1S/C9H12F2N2O3/c1-4-7(5(2)16-13-4)9(15)12-3-6(14)8(10)11/h6,8,14H,3H2,1-2H3,(H,12,15). The van der Waals surface area contributed by atoms with Crippen molar-refractivity contribution in [3.05, 3.63) is 17.0 Å². The average molecular weight is 234 g/mol. The summed E-state index contributed by atoms with van der Waals surface area (Å²) in [5, 5.41) is 14.5. The lowest BCUT2D eigenvalue weighted by Gasteiger charge is -2.10. The summed E-state index contributed by atoms with van der Waals surface area (Å²) >= 11 is 0. The Balaban J connectivity index is 2.60. The maximum Gasteiger partial charge on any atom is 0.265 e. The molecule has 1 atom stereocenters. The quantitative estimate of drug-likeness (QED) is 0.801. The second kappa shape index (κ2) is 5.02. The molecule has 0 radical (unpaired) electrons. The first-order valence-electron chi connectivity index (χ1n) is 4.60. The lowest BCUT2D eigenvalue weighted by Crippen LogP contribution is -2.36. The Labute approximate surface area is 90.4 Å². The zero-order chi connectivity index (χ0) is 12.3. The monoisotopic (exact) mass is 234 g/mol. The minimum absolute atomic E-state index is 0.210. The van der Waals surface area contributed by atoms with Crippen molar-refractivity contribution in [2.45, 2.75) is 26.4 Å². The van der Waals surface area contributed by atoms with Gasteiger partial charge in [-0.05, 0) is 13.8 Å². The molecule has 1 rings (SSSR count). The van der Waals surface area contributed by atoms with E-state index in [0.717, 1.165) is 0 Å². The molecule has 0 aliphatic carbocycles. The number of carbonyl (C=O) groups is 1. The highest BCUT2D eigenvalue weighted by molar-refractivity contribution is 5.96. The van der Waals surface area contributed by atoms with Gasteiger partial charge in [-0.3, -0.25) is 4.79 Å². The molecule has 0 aromatic carbocycles. The molecule has 5 nitrogen and oxygen atoms in total. The van der Waals surface area contributed by atoms with Crippen molar-refractivity contribution in [2.75, 3.05) is 6.54 Å². The fraction of sp³-hybridized carbons (Fsp3) is 0.556. The maximum atomic E-state index is 11.9. The van der Waals surface area contributed by atoms with Crippen LogP contribution in [0.3, 0.4) is 0 Å². The van der Waals surface area contributed by atoms with Crippen LogP contribution < -0.4 is 5.32 Å². The normalized spacial score (nSPS) is 12.9. The molecule has 1 heterocycles. The Bertz CT molecular complexity index is 359. The van der Waals surface area contributed by atoms with Gasteiger partial charge in [-0.2, -0.15) is 0 Å². The molecule has 0 aliphatic rings. The number of carbonyl (C=O) groups excluding carboxylic acids is 1. The Morgan fingerprint density at radius 1 is 1.56 bits per heavy atom. The van der Waals surface area contributed by atoms with Crippen LogP contribution in [0.1, 0.15) is 21.8 Å². The molecule has 0 aliphatic heterocycles. The average Bonchev–Trinajstić information content (AvgIpc) is 2.54. The molecule has 1 aromatic heterocycles. The Kier molecular flexibility index (Phi) is 3.94. The first-order valence-corrected chi connectivity index (χ1v) is 4.60. The molecule has 90 valence electrons. The lowest BCUT2D eigenvalue weighted by atomic mass is 10.2. The summed E-state index contributed by atoms with van der Waals surface area (Å²) in [6.07, 6.45) is -4.76. The van der Waals surface area contributed by atoms with Crippen molar-refractivity contribution in [3.8, 4) is 0 Å². The molecule has 7 heteroatoms. The highest BCUT2D eigenvalue weighted by Gasteiger charge is 2.21. The van der Waals surface area contributed by atoms with Gasteiger partial charge < -0.3 is 14.9 Å². The number of nitrogens with one attached hydrogen (secondary N) is 1. The van der Waals surface area contributed by atoms with Crippen LogP contribution in [0.15, 0.2) is 4.52 Å². The van der Waals surface area contributed by atoms with Gasteiger partial charge >= 0.3 is 0 Å². The summed E-state index contributed by atoms with van der Waals surface area (Å²) < 4.78 is 28.6. The maximum absolute atomic E-state index is 11.9. The van der Waals surface area contributed by atoms with Crippen molar-refractivity contribution in [1.29, 1.82) is 0 Å². The number of halogens is 2. The zero-order valence-electron chi connectivity index (χ0n) is 8.83. The van der Waals surface area contributed by atoms with Crippen LogP contribution in [-0.2, 0) is 0 Å². The summed E-state index contributed by atoms with van der Waals surface area (Å²) in [7, 11) is 0. The molecule has 1 unspecified atom stereocenters. The van der Waals surface area contributed by atoms with E-state index < -0.39 is 25.0 Å². The number of aliphatic hydroxyl groups is 1. The van der Waals surface area contributed by atoms with Gasteiger partial charge in [-0.15, -0.1) is 0 Å². The van der Waals surface area contributed by atoms with Crippen LogP contribution in [0.25, 0.3) is 0 Å². The topological polar surface area (TPSA) is 75.4 Å². The second-order valence-electron chi connectivity index (χ2n) is 3.31. The van der Waals surface area contributed by atoms with Crippen LogP contribution in [0, 0.1) is 13.8 Å². The number of alkyl halides is 2. The molecule has 0 bridgehead atoms. The number of nitrogens with zero attached hydrogens (tertiary/aromatic N) is 1. The van der Waals surface area contributed by atoms with E-state index in [1.165, 1.54) is 0 Å². The lowest BCUT2D eigenvalue weighted by molar-refractivity contribution is -0.00271. The van der Waals surface area contributed by atoms with Crippen molar-refractivity contribution >= 4 is 5.91 Å². The number of hydrogen-bond donors (Lipinski definition) is 2. The number of rotatable bonds is 4. The smallest absolute Gasteiger partial charge is 0.265 e. The van der Waals surface area contributed by atoms with E-state index in [1.54, 1.807) is 13.8 Å². The van der Waals surface area contributed by atoms with Gasteiger partial charge in [0.1, 0.15) is 17.4 Å². The molecular weight excluding hydrogens is 222 g/mol. The predicted molar refractivity (Wildman–Crippen MR) is 50.3 cm³/mol. The third-order valence-corrected chi connectivity index (χ3v) is 2.02. The first-order chi connectivity index (χ1) is 7.43.